The summed E-state index contributed by atoms with van der Waals surface area (Å²) in [5.74, 6) is 5.59. The molecule has 0 unspecified atom stereocenters. The van der Waals surface area contributed by atoms with E-state index in [2.05, 4.69) is 25.7 Å². The van der Waals surface area contributed by atoms with Crippen LogP contribution in [0.1, 0.15) is 93.6 Å². The smallest absolute Gasteiger partial charge is 0.338 e. The lowest BCUT2D eigenvalue weighted by molar-refractivity contribution is 0.0593. The Morgan fingerprint density at radius 1 is 0.537 bits per heavy atom. The number of carbonyl (C=O) groups excluding carboxylic acids is 2. The fourth-order valence-corrected chi connectivity index (χ4v) is 6.32. The Bertz CT molecular complexity index is 2520. The number of allylic oxidation sites excluding steroid dienone is 4. The van der Waals surface area contributed by atoms with Gasteiger partial charge in [0.1, 0.15) is 35.4 Å². The van der Waals surface area contributed by atoms with E-state index in [0.29, 0.717) is 38.9 Å². The van der Waals surface area contributed by atoms with Crippen molar-refractivity contribution >= 4 is 23.1 Å². The summed E-state index contributed by atoms with van der Waals surface area (Å²) in [6.07, 6.45) is 0. The summed E-state index contributed by atoms with van der Waals surface area (Å²) >= 11 is 0. The molecule has 4 aliphatic rings. The van der Waals surface area contributed by atoms with Crippen molar-refractivity contribution < 1.29 is 19.1 Å². The summed E-state index contributed by atoms with van der Waals surface area (Å²) in [5, 5.41) is 40.8. The van der Waals surface area contributed by atoms with Gasteiger partial charge in [0.05, 0.1) is 25.3 Å². The van der Waals surface area contributed by atoms with E-state index in [4.69, 9.17) is 9.47 Å². The van der Waals surface area contributed by atoms with Crippen molar-refractivity contribution in [2.45, 2.75) is 39.5 Å². The van der Waals surface area contributed by atoms with Gasteiger partial charge in [0.15, 0.2) is 0 Å². The third kappa shape index (κ3) is 7.31. The first-order valence-electron chi connectivity index (χ1n) is 17.0. The van der Waals surface area contributed by atoms with Crippen molar-refractivity contribution in [2.24, 2.45) is 0 Å². The Hall–Kier alpha value is -7.44. The van der Waals surface area contributed by atoms with Gasteiger partial charge in [-0.05, 0) is 86.7 Å². The number of rotatable bonds is 7. The molecular formula is C46H34N4O4. The summed E-state index contributed by atoms with van der Waals surface area (Å²) in [6.45, 7) is 8.19. The summed E-state index contributed by atoms with van der Waals surface area (Å²) < 4.78 is 10.2. The average molecular weight is 707 g/mol. The summed E-state index contributed by atoms with van der Waals surface area (Å²) in [7, 11) is 2.60. The molecule has 0 fully saturated rings. The molecule has 0 saturated heterocycles. The zero-order valence-electron chi connectivity index (χ0n) is 30.7. The Morgan fingerprint density at radius 2 is 1.02 bits per heavy atom. The van der Waals surface area contributed by atoms with Crippen LogP contribution in [0.2, 0.25) is 0 Å². The van der Waals surface area contributed by atoms with Crippen molar-refractivity contribution in [1.82, 2.24) is 0 Å². The zero-order chi connectivity index (χ0) is 39.1. The zero-order valence-corrected chi connectivity index (χ0v) is 30.7. The van der Waals surface area contributed by atoms with Crippen molar-refractivity contribution in [3.8, 4) is 58.4 Å². The molecule has 8 nitrogen and oxygen atoms in total. The lowest BCUT2D eigenvalue weighted by Crippen LogP contribution is -2.00. The SMILES string of the molecule is COC(=O)c1cc(C#Cc2ccc(C(=C(C#N)C#N)C(=C(C#N)C#N)c3cc(C(=O)OC)c4cc(C(C)C)cccc3-4)cc2)c2cccc(C(C)C)cc1-2. The molecule has 262 valence electrons. The topological polar surface area (TPSA) is 148 Å². The van der Waals surface area contributed by atoms with Crippen LogP contribution in [0, 0.1) is 57.2 Å². The molecule has 0 spiro atoms. The molecule has 0 N–H and O–H groups in total. The Morgan fingerprint density at radius 3 is 1.52 bits per heavy atom. The van der Waals surface area contributed by atoms with Gasteiger partial charge in [0.25, 0.3) is 0 Å². The van der Waals surface area contributed by atoms with Crippen LogP contribution in [0.5, 0.6) is 0 Å². The maximum Gasteiger partial charge on any atom is 0.338 e. The number of ether oxygens (including phenoxy) is 2. The monoisotopic (exact) mass is 706 g/mol. The van der Waals surface area contributed by atoms with Crippen LogP contribution in [0.15, 0.2) is 96.1 Å². The second-order valence-electron chi connectivity index (χ2n) is 13.0. The van der Waals surface area contributed by atoms with E-state index >= 15 is 0 Å². The van der Waals surface area contributed by atoms with Gasteiger partial charge in [-0.2, -0.15) is 21.0 Å². The Kier molecular flexibility index (Phi) is 11.4. The van der Waals surface area contributed by atoms with Crippen molar-refractivity contribution in [3.05, 3.63) is 141 Å². The van der Waals surface area contributed by atoms with E-state index in [1.54, 1.807) is 36.4 Å². The van der Waals surface area contributed by atoms with Crippen LogP contribution in [-0.4, -0.2) is 26.2 Å². The van der Waals surface area contributed by atoms with Gasteiger partial charge in [-0.1, -0.05) is 94.1 Å². The maximum absolute atomic E-state index is 13.1. The Balaban J connectivity index is 1.68. The molecule has 0 radical (unpaired) electrons. The minimum Gasteiger partial charge on any atom is -0.465 e. The highest BCUT2D eigenvalue weighted by Gasteiger charge is 2.29. The van der Waals surface area contributed by atoms with Crippen molar-refractivity contribution in [3.63, 3.8) is 0 Å². The highest BCUT2D eigenvalue weighted by Crippen LogP contribution is 2.45. The number of nitrogens with zero attached hydrogens (tertiary/aromatic N) is 4. The van der Waals surface area contributed by atoms with E-state index in [-0.39, 0.29) is 39.7 Å². The summed E-state index contributed by atoms with van der Waals surface area (Å²) in [4.78, 5) is 25.8. The number of benzene rings is 1. The van der Waals surface area contributed by atoms with Crippen molar-refractivity contribution in [1.29, 1.82) is 21.0 Å². The van der Waals surface area contributed by atoms with Gasteiger partial charge in [0.2, 0.25) is 0 Å². The van der Waals surface area contributed by atoms with Gasteiger partial charge in [-0.3, -0.25) is 0 Å². The predicted octanol–water partition coefficient (Wildman–Crippen LogP) is 9.42. The fraction of sp³-hybridized carbons (Fsp3) is 0.174. The summed E-state index contributed by atoms with van der Waals surface area (Å²) in [6, 6.07) is 32.9. The molecule has 0 atom stereocenters. The molecule has 1 aromatic rings. The molecule has 0 aromatic heterocycles. The van der Waals surface area contributed by atoms with Gasteiger partial charge in [-0.15, -0.1) is 0 Å². The molecule has 1 aromatic carbocycles. The highest BCUT2D eigenvalue weighted by atomic mass is 16.5. The lowest BCUT2D eigenvalue weighted by atomic mass is 9.85. The molecule has 8 heteroatoms. The van der Waals surface area contributed by atoms with Crippen LogP contribution < -0.4 is 0 Å². The first-order valence-corrected chi connectivity index (χ1v) is 17.0. The van der Waals surface area contributed by atoms with Crippen LogP contribution in [0.4, 0.5) is 0 Å². The number of hydrogen-bond donors (Lipinski definition) is 0. The molecule has 0 bridgehead atoms. The van der Waals surface area contributed by atoms with Crippen LogP contribution >= 0.6 is 0 Å². The standard InChI is InChI=1S/C46H34N4O4/c1-27(2)31-9-7-11-36-33(21-41(38(36)19-31)45(51)53-5)18-15-29-13-16-30(17-14-29)43(34(23-47)24-48)44(35(25-49)26-50)40-22-42(46(52)54-6)39-20-32(28(3)4)10-8-12-37(39)40/h7-14,16-17,19-22,27-28H,1-6H3. The number of fused-ring (bicyclic) bond motifs is 2. The molecule has 5 rings (SSSR count). The van der Waals surface area contributed by atoms with E-state index in [1.165, 1.54) is 20.3 Å². The van der Waals surface area contributed by atoms with Crippen LogP contribution in [-0.2, 0) is 9.47 Å². The van der Waals surface area contributed by atoms with E-state index < -0.39 is 11.9 Å². The highest BCUT2D eigenvalue weighted by molar-refractivity contribution is 6.16. The molecular weight excluding hydrogens is 673 g/mol. The molecule has 4 aliphatic carbocycles. The molecule has 54 heavy (non-hydrogen) atoms. The fourth-order valence-electron chi connectivity index (χ4n) is 6.32. The summed E-state index contributed by atoms with van der Waals surface area (Å²) in [5.41, 5.74) is 6.49. The lowest BCUT2D eigenvalue weighted by Gasteiger charge is -2.14. The second kappa shape index (κ2) is 16.3. The van der Waals surface area contributed by atoms with Crippen LogP contribution in [0.3, 0.4) is 0 Å². The predicted molar refractivity (Wildman–Crippen MR) is 206 cm³/mol. The number of nitriles is 4. The average Bonchev–Trinajstić information content (AvgIpc) is 3.48. The normalized spacial score (nSPS) is 10.3. The van der Waals surface area contributed by atoms with Gasteiger partial charge >= 0.3 is 11.9 Å². The first-order chi connectivity index (χ1) is 26.0. The third-order valence-corrected chi connectivity index (χ3v) is 9.17. The van der Waals surface area contributed by atoms with Gasteiger partial charge in [-0.25, -0.2) is 9.59 Å². The second-order valence-corrected chi connectivity index (χ2v) is 13.0. The largest absolute Gasteiger partial charge is 0.465 e. The maximum atomic E-state index is 13.1. The molecule has 0 aliphatic heterocycles. The Labute approximate surface area is 315 Å². The van der Waals surface area contributed by atoms with Gasteiger partial charge in [0, 0.05) is 22.3 Å². The third-order valence-electron chi connectivity index (χ3n) is 9.17. The van der Waals surface area contributed by atoms with E-state index in [1.807, 2.05) is 80.6 Å². The number of carbonyl (C=O) groups is 2. The molecule has 0 amide bonds. The first kappa shape index (κ1) is 37.8. The van der Waals surface area contributed by atoms with E-state index in [0.717, 1.165) is 22.3 Å². The number of esters is 2. The number of hydrogen-bond acceptors (Lipinski definition) is 8. The minimum atomic E-state index is -0.623. The van der Waals surface area contributed by atoms with Gasteiger partial charge < -0.3 is 9.47 Å². The van der Waals surface area contributed by atoms with E-state index in [9.17, 15) is 30.6 Å². The van der Waals surface area contributed by atoms with Crippen molar-refractivity contribution in [2.75, 3.05) is 14.2 Å². The minimum absolute atomic E-state index is 0.0293. The molecule has 0 heterocycles. The van der Waals surface area contributed by atoms with Crippen LogP contribution in [0.25, 0.3) is 33.4 Å². The quantitative estimate of drug-likeness (QED) is 0.0704. The number of methoxy groups -OCH3 is 2. The molecule has 0 saturated carbocycles.